The molecule has 4 nitrogen and oxygen atoms in total. The number of carbonyl (C=O) groups is 2. The van der Waals surface area contributed by atoms with Crippen LogP contribution in [0.15, 0.2) is 60.3 Å². The standard InChI is InChI=1S/C20H21ClN2O2/c1-20(2,3)23-19(25)17(13-15-11-7-8-12-16(15)21)22-18(24)14-9-5-4-6-10-14/h4-13H,1-3H3,(H,22,24)(H,23,25). The maximum Gasteiger partial charge on any atom is 0.268 e. The van der Waals surface area contributed by atoms with Crippen molar-refractivity contribution < 1.29 is 9.59 Å². The highest BCUT2D eigenvalue weighted by Gasteiger charge is 2.20. The van der Waals surface area contributed by atoms with E-state index >= 15 is 0 Å². The number of nitrogens with one attached hydrogen (secondary N) is 2. The van der Waals surface area contributed by atoms with E-state index in [2.05, 4.69) is 10.6 Å². The fourth-order valence-corrected chi connectivity index (χ4v) is 2.29. The average Bonchev–Trinajstić information content (AvgIpc) is 2.55. The highest BCUT2D eigenvalue weighted by Crippen LogP contribution is 2.18. The second kappa shape index (κ2) is 7.99. The monoisotopic (exact) mass is 356 g/mol. The largest absolute Gasteiger partial charge is 0.346 e. The van der Waals surface area contributed by atoms with Crippen LogP contribution in [-0.2, 0) is 4.79 Å². The second-order valence-corrected chi connectivity index (χ2v) is 7.01. The van der Waals surface area contributed by atoms with Crippen LogP contribution in [0, 0.1) is 0 Å². The lowest BCUT2D eigenvalue weighted by Crippen LogP contribution is -2.44. The highest BCUT2D eigenvalue weighted by molar-refractivity contribution is 6.32. The van der Waals surface area contributed by atoms with Crippen molar-refractivity contribution in [2.75, 3.05) is 0 Å². The lowest BCUT2D eigenvalue weighted by molar-refractivity contribution is -0.119. The number of rotatable bonds is 4. The summed E-state index contributed by atoms with van der Waals surface area (Å²) in [5, 5.41) is 6.03. The van der Waals surface area contributed by atoms with Crippen molar-refractivity contribution in [2.24, 2.45) is 0 Å². The summed E-state index contributed by atoms with van der Waals surface area (Å²) in [6.45, 7) is 5.62. The van der Waals surface area contributed by atoms with E-state index in [1.807, 2.05) is 32.9 Å². The molecule has 5 heteroatoms. The first-order valence-corrected chi connectivity index (χ1v) is 8.29. The molecule has 25 heavy (non-hydrogen) atoms. The van der Waals surface area contributed by atoms with E-state index in [1.165, 1.54) is 0 Å². The molecule has 0 atom stereocenters. The van der Waals surface area contributed by atoms with Gasteiger partial charge in [0.1, 0.15) is 5.70 Å². The fourth-order valence-electron chi connectivity index (χ4n) is 2.10. The van der Waals surface area contributed by atoms with Crippen LogP contribution in [0.1, 0.15) is 36.7 Å². The second-order valence-electron chi connectivity index (χ2n) is 6.60. The minimum Gasteiger partial charge on any atom is -0.346 e. The Balaban J connectivity index is 2.34. The predicted molar refractivity (Wildman–Crippen MR) is 101 cm³/mol. The van der Waals surface area contributed by atoms with E-state index < -0.39 is 5.54 Å². The molecule has 130 valence electrons. The first-order valence-electron chi connectivity index (χ1n) is 7.91. The van der Waals surface area contributed by atoms with Gasteiger partial charge in [-0.3, -0.25) is 9.59 Å². The molecule has 2 amide bonds. The molecular weight excluding hydrogens is 336 g/mol. The number of benzene rings is 2. The summed E-state index contributed by atoms with van der Waals surface area (Å²) < 4.78 is 0. The van der Waals surface area contributed by atoms with Gasteiger partial charge in [-0.1, -0.05) is 48.0 Å². The molecule has 0 bridgehead atoms. The fraction of sp³-hybridized carbons (Fsp3) is 0.200. The maximum atomic E-state index is 12.6. The number of halogens is 1. The van der Waals surface area contributed by atoms with E-state index in [-0.39, 0.29) is 17.5 Å². The topological polar surface area (TPSA) is 58.2 Å². The van der Waals surface area contributed by atoms with Gasteiger partial charge in [0, 0.05) is 16.1 Å². The number of hydrogen-bond donors (Lipinski definition) is 2. The zero-order chi connectivity index (χ0) is 18.4. The third-order valence-corrected chi connectivity index (χ3v) is 3.57. The highest BCUT2D eigenvalue weighted by atomic mass is 35.5. The molecule has 0 aliphatic heterocycles. The van der Waals surface area contributed by atoms with Gasteiger partial charge in [0.05, 0.1) is 0 Å². The van der Waals surface area contributed by atoms with E-state index in [0.717, 1.165) is 0 Å². The molecule has 0 saturated carbocycles. The van der Waals surface area contributed by atoms with Gasteiger partial charge in [-0.05, 0) is 50.6 Å². The van der Waals surface area contributed by atoms with Crippen molar-refractivity contribution >= 4 is 29.5 Å². The van der Waals surface area contributed by atoms with Gasteiger partial charge in [0.2, 0.25) is 0 Å². The summed E-state index contributed by atoms with van der Waals surface area (Å²) in [7, 11) is 0. The quantitative estimate of drug-likeness (QED) is 0.813. The van der Waals surface area contributed by atoms with Gasteiger partial charge >= 0.3 is 0 Å². The molecule has 2 aromatic rings. The van der Waals surface area contributed by atoms with Gasteiger partial charge in [-0.2, -0.15) is 0 Å². The number of carbonyl (C=O) groups excluding carboxylic acids is 2. The van der Waals surface area contributed by atoms with Crippen LogP contribution in [-0.4, -0.2) is 17.4 Å². The zero-order valence-electron chi connectivity index (χ0n) is 14.5. The SMILES string of the molecule is CC(C)(C)NC(=O)C(=Cc1ccccc1Cl)NC(=O)c1ccccc1. The molecule has 0 heterocycles. The van der Waals surface area contributed by atoms with Crippen molar-refractivity contribution in [1.82, 2.24) is 10.6 Å². The van der Waals surface area contributed by atoms with Crippen molar-refractivity contribution in [2.45, 2.75) is 26.3 Å². The summed E-state index contributed by atoms with van der Waals surface area (Å²) in [5.74, 6) is -0.736. The normalized spacial score (nSPS) is 11.8. The van der Waals surface area contributed by atoms with Crippen molar-refractivity contribution in [3.05, 3.63) is 76.4 Å². The lowest BCUT2D eigenvalue weighted by atomic mass is 10.1. The van der Waals surface area contributed by atoms with Crippen molar-refractivity contribution in [3.8, 4) is 0 Å². The molecule has 0 fully saturated rings. The summed E-state index contributed by atoms with van der Waals surface area (Å²) in [6, 6.07) is 15.8. The van der Waals surface area contributed by atoms with Gasteiger partial charge in [-0.15, -0.1) is 0 Å². The van der Waals surface area contributed by atoms with Crippen LogP contribution in [0.5, 0.6) is 0 Å². The molecule has 0 aliphatic carbocycles. The molecule has 0 saturated heterocycles. The molecule has 0 aliphatic rings. The Bertz CT molecular complexity index is 793. The van der Waals surface area contributed by atoms with Crippen LogP contribution in [0.4, 0.5) is 0 Å². The first-order chi connectivity index (χ1) is 11.8. The molecule has 2 N–H and O–H groups in total. The lowest BCUT2D eigenvalue weighted by Gasteiger charge is -2.22. The summed E-state index contributed by atoms with van der Waals surface area (Å²) >= 11 is 6.17. The Morgan fingerprint density at radius 2 is 1.56 bits per heavy atom. The zero-order valence-corrected chi connectivity index (χ0v) is 15.2. The predicted octanol–water partition coefficient (Wildman–Crippen LogP) is 4.03. The first kappa shape index (κ1) is 18.7. The Morgan fingerprint density at radius 3 is 2.16 bits per heavy atom. The van der Waals surface area contributed by atoms with Crippen LogP contribution >= 0.6 is 11.6 Å². The summed E-state index contributed by atoms with van der Waals surface area (Å²) in [5.41, 5.74) is 0.818. The third kappa shape index (κ3) is 5.76. The molecule has 0 radical (unpaired) electrons. The van der Waals surface area contributed by atoms with Crippen molar-refractivity contribution in [3.63, 3.8) is 0 Å². The summed E-state index contributed by atoms with van der Waals surface area (Å²) in [6.07, 6.45) is 1.57. The van der Waals surface area contributed by atoms with E-state index in [4.69, 9.17) is 11.6 Å². The van der Waals surface area contributed by atoms with Crippen molar-refractivity contribution in [1.29, 1.82) is 0 Å². The molecule has 2 rings (SSSR count). The minimum absolute atomic E-state index is 0.136. The molecular formula is C20H21ClN2O2. The van der Waals surface area contributed by atoms with Gasteiger partial charge in [0.15, 0.2) is 0 Å². The Hall–Kier alpha value is -2.59. The van der Waals surface area contributed by atoms with Gasteiger partial charge < -0.3 is 10.6 Å². The van der Waals surface area contributed by atoms with Crippen LogP contribution in [0.25, 0.3) is 6.08 Å². The molecule has 0 aromatic heterocycles. The van der Waals surface area contributed by atoms with Crippen LogP contribution < -0.4 is 10.6 Å². The average molecular weight is 357 g/mol. The Morgan fingerprint density at radius 1 is 0.960 bits per heavy atom. The molecule has 0 spiro atoms. The Kier molecular flexibility index (Phi) is 5.99. The van der Waals surface area contributed by atoms with E-state index in [9.17, 15) is 9.59 Å². The van der Waals surface area contributed by atoms with Gasteiger partial charge in [-0.25, -0.2) is 0 Å². The number of hydrogen-bond acceptors (Lipinski definition) is 2. The van der Waals surface area contributed by atoms with E-state index in [1.54, 1.807) is 48.5 Å². The third-order valence-electron chi connectivity index (χ3n) is 3.22. The molecule has 2 aromatic carbocycles. The summed E-state index contributed by atoms with van der Waals surface area (Å²) in [4.78, 5) is 25.0. The Labute approximate surface area is 152 Å². The van der Waals surface area contributed by atoms with Crippen LogP contribution in [0.2, 0.25) is 5.02 Å². The maximum absolute atomic E-state index is 12.6. The number of amides is 2. The van der Waals surface area contributed by atoms with E-state index in [0.29, 0.717) is 16.1 Å². The smallest absolute Gasteiger partial charge is 0.268 e. The van der Waals surface area contributed by atoms with Gasteiger partial charge in [0.25, 0.3) is 11.8 Å². The molecule has 0 unspecified atom stereocenters. The minimum atomic E-state index is -0.436. The van der Waals surface area contributed by atoms with Crippen LogP contribution in [0.3, 0.4) is 0 Å².